The van der Waals surface area contributed by atoms with Crippen molar-refractivity contribution < 1.29 is 9.18 Å². The molecule has 0 radical (unpaired) electrons. The standard InChI is InChI=1S/C14H11Cl2FN2O/c1-8-6-7-9(15)13(12(8)16)19-14(20)18-11-5-3-2-4-10(11)17/h2-7H,1H3,(H2,18,19,20). The average molecular weight is 313 g/mol. The van der Waals surface area contributed by atoms with Crippen LogP contribution >= 0.6 is 23.2 Å². The van der Waals surface area contributed by atoms with Gasteiger partial charge in [-0.1, -0.05) is 41.4 Å². The molecular weight excluding hydrogens is 302 g/mol. The van der Waals surface area contributed by atoms with Crippen molar-refractivity contribution in [2.24, 2.45) is 0 Å². The predicted molar refractivity (Wildman–Crippen MR) is 80.2 cm³/mol. The van der Waals surface area contributed by atoms with Gasteiger partial charge in [0.25, 0.3) is 0 Å². The summed E-state index contributed by atoms with van der Waals surface area (Å²) in [6.07, 6.45) is 0. The third-order valence-electron chi connectivity index (χ3n) is 2.64. The van der Waals surface area contributed by atoms with Crippen LogP contribution in [0, 0.1) is 12.7 Å². The van der Waals surface area contributed by atoms with Crippen LogP contribution in [0.5, 0.6) is 0 Å². The molecule has 0 aliphatic rings. The fourth-order valence-electron chi connectivity index (χ4n) is 1.60. The zero-order chi connectivity index (χ0) is 14.7. The van der Waals surface area contributed by atoms with Crippen LogP contribution in [0.25, 0.3) is 0 Å². The molecule has 0 aromatic heterocycles. The van der Waals surface area contributed by atoms with Gasteiger partial charge in [0, 0.05) is 0 Å². The van der Waals surface area contributed by atoms with Crippen LogP contribution in [0.2, 0.25) is 10.0 Å². The number of nitrogens with one attached hydrogen (secondary N) is 2. The molecule has 0 spiro atoms. The van der Waals surface area contributed by atoms with Crippen molar-refractivity contribution in [3.63, 3.8) is 0 Å². The first kappa shape index (κ1) is 14.6. The van der Waals surface area contributed by atoms with Gasteiger partial charge in [0.15, 0.2) is 0 Å². The van der Waals surface area contributed by atoms with Gasteiger partial charge in [-0.3, -0.25) is 0 Å². The molecule has 0 fully saturated rings. The Balaban J connectivity index is 2.17. The van der Waals surface area contributed by atoms with E-state index in [1.807, 2.05) is 0 Å². The summed E-state index contributed by atoms with van der Waals surface area (Å²) in [4.78, 5) is 11.8. The molecule has 0 aliphatic heterocycles. The average Bonchev–Trinajstić information content (AvgIpc) is 2.42. The fourth-order valence-corrected chi connectivity index (χ4v) is 2.07. The van der Waals surface area contributed by atoms with Gasteiger partial charge in [-0.25, -0.2) is 9.18 Å². The quantitative estimate of drug-likeness (QED) is 0.797. The Hall–Kier alpha value is -1.78. The highest BCUT2D eigenvalue weighted by Gasteiger charge is 2.12. The Morgan fingerprint density at radius 1 is 1.10 bits per heavy atom. The normalized spacial score (nSPS) is 10.2. The van der Waals surface area contributed by atoms with E-state index >= 15 is 0 Å². The van der Waals surface area contributed by atoms with Gasteiger partial charge in [-0.15, -0.1) is 0 Å². The second-order valence-electron chi connectivity index (χ2n) is 4.11. The van der Waals surface area contributed by atoms with E-state index in [4.69, 9.17) is 23.2 Å². The van der Waals surface area contributed by atoms with Gasteiger partial charge in [-0.05, 0) is 30.7 Å². The highest BCUT2D eigenvalue weighted by molar-refractivity contribution is 6.40. The van der Waals surface area contributed by atoms with Gasteiger partial charge in [0.05, 0.1) is 21.4 Å². The molecule has 3 nitrogen and oxygen atoms in total. The van der Waals surface area contributed by atoms with Gasteiger partial charge < -0.3 is 10.6 Å². The zero-order valence-corrected chi connectivity index (χ0v) is 12.0. The summed E-state index contributed by atoms with van der Waals surface area (Å²) in [6, 6.07) is 8.60. The molecular formula is C14H11Cl2FN2O. The maximum Gasteiger partial charge on any atom is 0.323 e. The molecule has 2 N–H and O–H groups in total. The van der Waals surface area contributed by atoms with Crippen LogP contribution < -0.4 is 10.6 Å². The van der Waals surface area contributed by atoms with Crippen molar-refractivity contribution in [3.8, 4) is 0 Å². The number of halogens is 3. The van der Waals surface area contributed by atoms with Crippen LogP contribution in [-0.4, -0.2) is 6.03 Å². The van der Waals surface area contributed by atoms with E-state index in [-0.39, 0.29) is 5.69 Å². The largest absolute Gasteiger partial charge is 0.323 e. The van der Waals surface area contributed by atoms with Gasteiger partial charge >= 0.3 is 6.03 Å². The SMILES string of the molecule is Cc1ccc(Cl)c(NC(=O)Nc2ccccc2F)c1Cl. The number of anilines is 2. The van der Waals surface area contributed by atoms with Crippen molar-refractivity contribution in [3.05, 3.63) is 57.8 Å². The number of hydrogen-bond acceptors (Lipinski definition) is 1. The third kappa shape index (κ3) is 3.21. The lowest BCUT2D eigenvalue weighted by Crippen LogP contribution is -2.20. The number of rotatable bonds is 2. The van der Waals surface area contributed by atoms with Gasteiger partial charge in [-0.2, -0.15) is 0 Å². The molecule has 2 aromatic rings. The van der Waals surface area contributed by atoms with Gasteiger partial charge in [0.2, 0.25) is 0 Å². The maximum atomic E-state index is 13.4. The Morgan fingerprint density at radius 2 is 1.80 bits per heavy atom. The van der Waals surface area contributed by atoms with E-state index in [2.05, 4.69) is 10.6 Å². The number of carbonyl (C=O) groups excluding carboxylic acids is 1. The number of urea groups is 1. The van der Waals surface area contributed by atoms with E-state index in [1.54, 1.807) is 25.1 Å². The fraction of sp³-hybridized carbons (Fsp3) is 0.0714. The molecule has 6 heteroatoms. The summed E-state index contributed by atoms with van der Waals surface area (Å²) in [7, 11) is 0. The minimum atomic E-state index is -0.621. The highest BCUT2D eigenvalue weighted by Crippen LogP contribution is 2.32. The Labute approximate surface area is 125 Å². The van der Waals surface area contributed by atoms with Crippen LogP contribution in [-0.2, 0) is 0 Å². The summed E-state index contributed by atoms with van der Waals surface area (Å²) < 4.78 is 13.4. The van der Waals surface area contributed by atoms with E-state index in [1.165, 1.54) is 18.2 Å². The van der Waals surface area contributed by atoms with Crippen LogP contribution in [0.15, 0.2) is 36.4 Å². The first-order chi connectivity index (χ1) is 9.49. The van der Waals surface area contributed by atoms with E-state index < -0.39 is 11.8 Å². The maximum absolute atomic E-state index is 13.4. The molecule has 2 aromatic carbocycles. The molecule has 0 saturated heterocycles. The number of amides is 2. The first-order valence-corrected chi connectivity index (χ1v) is 6.52. The molecule has 0 saturated carbocycles. The molecule has 0 atom stereocenters. The van der Waals surface area contributed by atoms with E-state index in [0.29, 0.717) is 15.7 Å². The molecule has 0 aliphatic carbocycles. The minimum absolute atomic E-state index is 0.0740. The summed E-state index contributed by atoms with van der Waals surface area (Å²) in [6.45, 7) is 1.79. The molecule has 2 rings (SSSR count). The number of benzene rings is 2. The molecule has 104 valence electrons. The predicted octanol–water partition coefficient (Wildman–Crippen LogP) is 5.08. The molecule has 0 unspecified atom stereocenters. The number of hydrogen-bond donors (Lipinski definition) is 2. The second-order valence-corrected chi connectivity index (χ2v) is 4.90. The molecule has 0 heterocycles. The van der Waals surface area contributed by atoms with Crippen LogP contribution in [0.4, 0.5) is 20.6 Å². The summed E-state index contributed by atoms with van der Waals surface area (Å²) >= 11 is 12.1. The lowest BCUT2D eigenvalue weighted by atomic mass is 10.2. The molecule has 2 amide bonds. The summed E-state index contributed by atoms with van der Waals surface area (Å²) in [5, 5.41) is 5.56. The topological polar surface area (TPSA) is 41.1 Å². The second kappa shape index (κ2) is 6.11. The number of aryl methyl sites for hydroxylation is 1. The van der Waals surface area contributed by atoms with Crippen molar-refractivity contribution >= 4 is 40.6 Å². The van der Waals surface area contributed by atoms with Crippen molar-refractivity contribution in [2.45, 2.75) is 6.92 Å². The smallest absolute Gasteiger partial charge is 0.305 e. The van der Waals surface area contributed by atoms with Crippen molar-refractivity contribution in [2.75, 3.05) is 10.6 Å². The Bertz CT molecular complexity index is 662. The monoisotopic (exact) mass is 312 g/mol. The number of para-hydroxylation sites is 1. The molecule has 20 heavy (non-hydrogen) atoms. The van der Waals surface area contributed by atoms with Crippen LogP contribution in [0.1, 0.15) is 5.56 Å². The van der Waals surface area contributed by atoms with E-state index in [0.717, 1.165) is 5.56 Å². The van der Waals surface area contributed by atoms with Crippen molar-refractivity contribution in [1.29, 1.82) is 0 Å². The Morgan fingerprint density at radius 3 is 2.50 bits per heavy atom. The highest BCUT2D eigenvalue weighted by atomic mass is 35.5. The van der Waals surface area contributed by atoms with Gasteiger partial charge in [0.1, 0.15) is 5.82 Å². The number of carbonyl (C=O) groups is 1. The summed E-state index contributed by atoms with van der Waals surface area (Å²) in [5.74, 6) is -0.524. The zero-order valence-electron chi connectivity index (χ0n) is 10.5. The first-order valence-electron chi connectivity index (χ1n) is 5.76. The lowest BCUT2D eigenvalue weighted by molar-refractivity contribution is 0.262. The van der Waals surface area contributed by atoms with Crippen LogP contribution in [0.3, 0.4) is 0 Å². The summed E-state index contributed by atoms with van der Waals surface area (Å²) in [5.41, 5.74) is 1.14. The Kier molecular flexibility index (Phi) is 4.47. The third-order valence-corrected chi connectivity index (χ3v) is 3.45. The minimum Gasteiger partial charge on any atom is -0.305 e. The van der Waals surface area contributed by atoms with E-state index in [9.17, 15) is 9.18 Å². The lowest BCUT2D eigenvalue weighted by Gasteiger charge is -2.12. The van der Waals surface area contributed by atoms with Crippen molar-refractivity contribution in [1.82, 2.24) is 0 Å². The molecule has 0 bridgehead atoms.